The fourth-order valence-corrected chi connectivity index (χ4v) is 3.54. The maximum Gasteiger partial charge on any atom is 0.154 e. The first-order chi connectivity index (χ1) is 9.33. The molecule has 0 saturated heterocycles. The van der Waals surface area contributed by atoms with Gasteiger partial charge in [-0.2, -0.15) is 0 Å². The zero-order valence-electron chi connectivity index (χ0n) is 11.4. The first-order valence-electron chi connectivity index (χ1n) is 6.74. The van der Waals surface area contributed by atoms with Crippen LogP contribution in [0.1, 0.15) is 38.3 Å². The Bertz CT molecular complexity index is 465. The lowest BCUT2D eigenvalue weighted by atomic mass is 10.0. The van der Waals surface area contributed by atoms with Crippen LogP contribution in [0.2, 0.25) is 0 Å². The molecule has 4 heteroatoms. The van der Waals surface area contributed by atoms with Gasteiger partial charge >= 0.3 is 0 Å². The second-order valence-corrected chi connectivity index (χ2v) is 6.60. The van der Waals surface area contributed by atoms with Crippen molar-refractivity contribution >= 4 is 23.1 Å². The molecule has 0 aliphatic carbocycles. The summed E-state index contributed by atoms with van der Waals surface area (Å²) in [7, 11) is 0. The molecule has 0 aliphatic heterocycles. The molecule has 1 N–H and O–H groups in total. The van der Waals surface area contributed by atoms with Crippen LogP contribution in [0, 0.1) is 0 Å². The SMILES string of the molecule is CCCNC(CC)c1ccc(Sc2nccs2)cc1. The van der Waals surface area contributed by atoms with Gasteiger partial charge in [0.2, 0.25) is 0 Å². The van der Waals surface area contributed by atoms with Crippen LogP contribution in [0.15, 0.2) is 45.1 Å². The van der Waals surface area contributed by atoms with Crippen molar-refractivity contribution in [3.63, 3.8) is 0 Å². The second kappa shape index (κ2) is 7.68. The Labute approximate surface area is 123 Å². The summed E-state index contributed by atoms with van der Waals surface area (Å²) in [6.07, 6.45) is 4.15. The zero-order chi connectivity index (χ0) is 13.5. The lowest BCUT2D eigenvalue weighted by Crippen LogP contribution is -2.21. The molecule has 19 heavy (non-hydrogen) atoms. The maximum atomic E-state index is 4.29. The Morgan fingerprint density at radius 3 is 2.63 bits per heavy atom. The third-order valence-corrected chi connectivity index (χ3v) is 4.84. The van der Waals surface area contributed by atoms with E-state index >= 15 is 0 Å². The number of aromatic nitrogens is 1. The summed E-state index contributed by atoms with van der Waals surface area (Å²) in [6.45, 7) is 5.51. The van der Waals surface area contributed by atoms with E-state index in [-0.39, 0.29) is 0 Å². The molecule has 1 heterocycles. The molecule has 1 aromatic heterocycles. The van der Waals surface area contributed by atoms with E-state index in [1.807, 2.05) is 11.6 Å². The van der Waals surface area contributed by atoms with E-state index in [9.17, 15) is 0 Å². The smallest absolute Gasteiger partial charge is 0.154 e. The molecule has 1 atom stereocenters. The van der Waals surface area contributed by atoms with Gasteiger partial charge in [0.15, 0.2) is 4.34 Å². The molecule has 1 aromatic carbocycles. The molecule has 0 saturated carbocycles. The van der Waals surface area contributed by atoms with Gasteiger partial charge in [-0.3, -0.25) is 0 Å². The van der Waals surface area contributed by atoms with Gasteiger partial charge in [-0.1, -0.05) is 37.7 Å². The van der Waals surface area contributed by atoms with Crippen LogP contribution >= 0.6 is 23.1 Å². The van der Waals surface area contributed by atoms with Crippen LogP contribution < -0.4 is 5.32 Å². The van der Waals surface area contributed by atoms with E-state index in [2.05, 4.69) is 48.4 Å². The fourth-order valence-electron chi connectivity index (χ4n) is 1.95. The average molecular weight is 292 g/mol. The predicted molar refractivity (Wildman–Crippen MR) is 84.0 cm³/mol. The average Bonchev–Trinajstić information content (AvgIpc) is 2.94. The van der Waals surface area contributed by atoms with Crippen LogP contribution in [0.3, 0.4) is 0 Å². The summed E-state index contributed by atoms with van der Waals surface area (Å²) in [4.78, 5) is 5.55. The van der Waals surface area contributed by atoms with Gasteiger partial charge in [0, 0.05) is 22.5 Å². The highest BCUT2D eigenvalue weighted by Crippen LogP contribution is 2.30. The van der Waals surface area contributed by atoms with Crippen molar-refractivity contribution in [1.82, 2.24) is 10.3 Å². The van der Waals surface area contributed by atoms with Crippen LogP contribution in [-0.2, 0) is 0 Å². The molecule has 0 radical (unpaired) electrons. The molecule has 102 valence electrons. The third-order valence-electron chi connectivity index (χ3n) is 2.95. The van der Waals surface area contributed by atoms with Crippen molar-refractivity contribution < 1.29 is 0 Å². The number of thiazole rings is 1. The third kappa shape index (κ3) is 4.34. The van der Waals surface area contributed by atoms with Crippen LogP contribution in [0.5, 0.6) is 0 Å². The van der Waals surface area contributed by atoms with Crippen molar-refractivity contribution in [3.05, 3.63) is 41.4 Å². The van der Waals surface area contributed by atoms with Crippen LogP contribution in [0.25, 0.3) is 0 Å². The maximum absolute atomic E-state index is 4.29. The van der Waals surface area contributed by atoms with E-state index in [0.717, 1.165) is 17.3 Å². The molecule has 0 amide bonds. The van der Waals surface area contributed by atoms with Gasteiger partial charge in [-0.25, -0.2) is 4.98 Å². The fraction of sp³-hybridized carbons (Fsp3) is 0.400. The molecule has 0 spiro atoms. The molecular weight excluding hydrogens is 272 g/mol. The van der Waals surface area contributed by atoms with E-state index in [1.165, 1.54) is 16.9 Å². The number of nitrogens with one attached hydrogen (secondary N) is 1. The van der Waals surface area contributed by atoms with Crippen LogP contribution in [-0.4, -0.2) is 11.5 Å². The summed E-state index contributed by atoms with van der Waals surface area (Å²) >= 11 is 3.41. The summed E-state index contributed by atoms with van der Waals surface area (Å²) < 4.78 is 1.10. The van der Waals surface area contributed by atoms with Crippen LogP contribution in [0.4, 0.5) is 0 Å². The topological polar surface area (TPSA) is 24.9 Å². The molecule has 2 nitrogen and oxygen atoms in total. The summed E-state index contributed by atoms with van der Waals surface area (Å²) in [5.74, 6) is 0. The highest BCUT2D eigenvalue weighted by Gasteiger charge is 2.08. The highest BCUT2D eigenvalue weighted by atomic mass is 32.2. The lowest BCUT2D eigenvalue weighted by molar-refractivity contribution is 0.518. The van der Waals surface area contributed by atoms with Gasteiger partial charge in [-0.15, -0.1) is 11.3 Å². The molecular formula is C15H20N2S2. The first-order valence-corrected chi connectivity index (χ1v) is 8.43. The van der Waals surface area contributed by atoms with Crippen molar-refractivity contribution in [2.75, 3.05) is 6.54 Å². The van der Waals surface area contributed by atoms with E-state index in [4.69, 9.17) is 0 Å². The van der Waals surface area contributed by atoms with Crippen molar-refractivity contribution in [2.24, 2.45) is 0 Å². The summed E-state index contributed by atoms with van der Waals surface area (Å²) in [5, 5.41) is 5.60. The molecule has 2 rings (SSSR count). The Hall–Kier alpha value is -0.840. The van der Waals surface area contributed by atoms with Gasteiger partial charge in [-0.05, 0) is 37.1 Å². The van der Waals surface area contributed by atoms with Crippen molar-refractivity contribution in [3.8, 4) is 0 Å². The van der Waals surface area contributed by atoms with Gasteiger partial charge < -0.3 is 5.32 Å². The quantitative estimate of drug-likeness (QED) is 0.797. The second-order valence-electron chi connectivity index (χ2n) is 4.38. The van der Waals surface area contributed by atoms with E-state index < -0.39 is 0 Å². The Morgan fingerprint density at radius 2 is 2.05 bits per heavy atom. The monoisotopic (exact) mass is 292 g/mol. The molecule has 0 bridgehead atoms. The standard InChI is InChI=1S/C15H20N2S2/c1-3-9-16-14(4-2)12-5-7-13(8-6-12)19-15-17-10-11-18-15/h5-8,10-11,14,16H,3-4,9H2,1-2H3. The number of rotatable bonds is 7. The molecule has 0 aliphatic rings. The minimum atomic E-state index is 0.471. The normalized spacial score (nSPS) is 12.5. The summed E-state index contributed by atoms with van der Waals surface area (Å²) in [5.41, 5.74) is 1.37. The van der Waals surface area contributed by atoms with Gasteiger partial charge in [0.25, 0.3) is 0 Å². The number of benzene rings is 1. The molecule has 0 fully saturated rings. The largest absolute Gasteiger partial charge is 0.310 e. The van der Waals surface area contributed by atoms with Crippen molar-refractivity contribution in [1.29, 1.82) is 0 Å². The number of nitrogens with zero attached hydrogens (tertiary/aromatic N) is 1. The Balaban J connectivity index is 2.00. The first kappa shape index (κ1) is 14.6. The van der Waals surface area contributed by atoms with Gasteiger partial charge in [0.05, 0.1) is 0 Å². The lowest BCUT2D eigenvalue weighted by Gasteiger charge is -2.17. The van der Waals surface area contributed by atoms with Gasteiger partial charge in [0.1, 0.15) is 0 Å². The minimum Gasteiger partial charge on any atom is -0.310 e. The van der Waals surface area contributed by atoms with Crippen molar-refractivity contribution in [2.45, 2.75) is 42.0 Å². The Morgan fingerprint density at radius 1 is 1.26 bits per heavy atom. The number of hydrogen-bond donors (Lipinski definition) is 1. The summed E-state index contributed by atoms with van der Waals surface area (Å²) in [6, 6.07) is 9.31. The van der Waals surface area contributed by atoms with E-state index in [0.29, 0.717) is 6.04 Å². The molecule has 1 unspecified atom stereocenters. The number of hydrogen-bond acceptors (Lipinski definition) is 4. The predicted octanol–water partition coefficient (Wildman–Crippen LogP) is 4.75. The van der Waals surface area contributed by atoms with E-state index in [1.54, 1.807) is 23.1 Å². The highest BCUT2D eigenvalue weighted by molar-refractivity contribution is 8.01. The Kier molecular flexibility index (Phi) is 5.89. The minimum absolute atomic E-state index is 0.471. The molecule has 2 aromatic rings. The zero-order valence-corrected chi connectivity index (χ0v) is 13.1.